The molecular weight excluding hydrogens is 344 g/mol. The number of piperidine rings is 1. The van der Waals surface area contributed by atoms with Crippen molar-refractivity contribution in [3.63, 3.8) is 0 Å². The summed E-state index contributed by atoms with van der Waals surface area (Å²) in [5.74, 6) is 3.31. The predicted octanol–water partition coefficient (Wildman–Crippen LogP) is 2.65. The van der Waals surface area contributed by atoms with Crippen molar-refractivity contribution in [1.29, 1.82) is 0 Å². The molecule has 1 atom stereocenters. The maximum Gasteiger partial charge on any atom is 0.231 e. The van der Waals surface area contributed by atoms with E-state index >= 15 is 0 Å². The SMILES string of the molecule is Cc1nc(CCC(=O)N2CCC[C@@](C)(Cc3ccc4c(c3)OCO4)C2)n[nH]1. The predicted molar refractivity (Wildman–Crippen MR) is 99.6 cm³/mol. The summed E-state index contributed by atoms with van der Waals surface area (Å²) in [4.78, 5) is 19.0. The molecule has 1 N–H and O–H groups in total. The van der Waals surface area contributed by atoms with Gasteiger partial charge in [0, 0.05) is 25.9 Å². The average Bonchev–Trinajstić information content (AvgIpc) is 3.27. The highest BCUT2D eigenvalue weighted by Gasteiger charge is 2.33. The summed E-state index contributed by atoms with van der Waals surface area (Å²) in [6.07, 6.45) is 4.11. The van der Waals surface area contributed by atoms with E-state index in [4.69, 9.17) is 9.47 Å². The zero-order valence-corrected chi connectivity index (χ0v) is 16.0. The van der Waals surface area contributed by atoms with Crippen LogP contribution in [0.15, 0.2) is 18.2 Å². The molecule has 2 aliphatic heterocycles. The fourth-order valence-corrected chi connectivity index (χ4v) is 4.09. The number of aromatic amines is 1. The molecule has 1 aromatic heterocycles. The number of H-pyrrole nitrogens is 1. The van der Waals surface area contributed by atoms with Gasteiger partial charge in [0.1, 0.15) is 5.82 Å². The molecule has 0 bridgehead atoms. The fraction of sp³-hybridized carbons (Fsp3) is 0.550. The van der Waals surface area contributed by atoms with E-state index < -0.39 is 0 Å². The smallest absolute Gasteiger partial charge is 0.231 e. The van der Waals surface area contributed by atoms with E-state index in [-0.39, 0.29) is 11.3 Å². The Kier molecular flexibility index (Phi) is 4.76. The Hall–Kier alpha value is -2.57. The van der Waals surface area contributed by atoms with Crippen LogP contribution >= 0.6 is 0 Å². The third-order valence-electron chi connectivity index (χ3n) is 5.41. The van der Waals surface area contributed by atoms with Crippen LogP contribution in [0.5, 0.6) is 11.5 Å². The highest BCUT2D eigenvalue weighted by Crippen LogP contribution is 2.37. The van der Waals surface area contributed by atoms with Crippen molar-refractivity contribution in [3.8, 4) is 11.5 Å². The molecule has 0 radical (unpaired) electrons. The Morgan fingerprint density at radius 1 is 1.33 bits per heavy atom. The number of likely N-dealkylation sites (tertiary alicyclic amines) is 1. The van der Waals surface area contributed by atoms with Crippen LogP contribution in [0, 0.1) is 12.3 Å². The topological polar surface area (TPSA) is 80.3 Å². The first kappa shape index (κ1) is 17.8. The number of carbonyl (C=O) groups excluding carboxylic acids is 1. The van der Waals surface area contributed by atoms with Crippen molar-refractivity contribution >= 4 is 5.91 Å². The maximum atomic E-state index is 12.7. The molecule has 144 valence electrons. The minimum atomic E-state index is 0.0722. The van der Waals surface area contributed by atoms with Crippen molar-refractivity contribution in [2.45, 2.75) is 46.0 Å². The summed E-state index contributed by atoms with van der Waals surface area (Å²) in [7, 11) is 0. The molecule has 1 saturated heterocycles. The van der Waals surface area contributed by atoms with Crippen molar-refractivity contribution in [2.24, 2.45) is 5.41 Å². The Bertz CT molecular complexity index is 834. The van der Waals surface area contributed by atoms with E-state index in [2.05, 4.69) is 34.2 Å². The van der Waals surface area contributed by atoms with E-state index in [1.165, 1.54) is 5.56 Å². The molecule has 0 spiro atoms. The summed E-state index contributed by atoms with van der Waals surface area (Å²) < 4.78 is 10.9. The van der Waals surface area contributed by atoms with Gasteiger partial charge in [-0.15, -0.1) is 0 Å². The van der Waals surface area contributed by atoms with Crippen LogP contribution in [0.1, 0.15) is 43.4 Å². The van der Waals surface area contributed by atoms with Crippen molar-refractivity contribution in [2.75, 3.05) is 19.9 Å². The highest BCUT2D eigenvalue weighted by atomic mass is 16.7. The number of nitrogens with zero attached hydrogens (tertiary/aromatic N) is 3. The molecule has 7 nitrogen and oxygen atoms in total. The normalized spacial score (nSPS) is 21.5. The zero-order chi connectivity index (χ0) is 18.9. The van der Waals surface area contributed by atoms with Crippen LogP contribution < -0.4 is 9.47 Å². The second kappa shape index (κ2) is 7.21. The lowest BCUT2D eigenvalue weighted by atomic mass is 9.77. The van der Waals surface area contributed by atoms with Crippen LogP contribution in [0.4, 0.5) is 0 Å². The zero-order valence-electron chi connectivity index (χ0n) is 16.0. The van der Waals surface area contributed by atoms with E-state index in [0.717, 1.165) is 49.7 Å². The Balaban J connectivity index is 1.36. The minimum Gasteiger partial charge on any atom is -0.454 e. The van der Waals surface area contributed by atoms with Crippen molar-refractivity contribution in [1.82, 2.24) is 20.1 Å². The average molecular weight is 370 g/mol. The summed E-state index contributed by atoms with van der Waals surface area (Å²) in [6, 6.07) is 6.15. The summed E-state index contributed by atoms with van der Waals surface area (Å²) in [6.45, 7) is 6.05. The molecule has 7 heteroatoms. The monoisotopic (exact) mass is 370 g/mol. The van der Waals surface area contributed by atoms with Gasteiger partial charge in [-0.2, -0.15) is 5.10 Å². The Morgan fingerprint density at radius 2 is 2.19 bits per heavy atom. The number of carbonyl (C=O) groups is 1. The third kappa shape index (κ3) is 4.07. The van der Waals surface area contributed by atoms with Gasteiger partial charge in [0.25, 0.3) is 0 Å². The molecule has 1 amide bonds. The highest BCUT2D eigenvalue weighted by molar-refractivity contribution is 5.76. The molecule has 0 aliphatic carbocycles. The number of amides is 1. The van der Waals surface area contributed by atoms with Gasteiger partial charge in [0.05, 0.1) is 0 Å². The first-order valence-corrected chi connectivity index (χ1v) is 9.55. The summed E-state index contributed by atoms with van der Waals surface area (Å²) >= 11 is 0. The lowest BCUT2D eigenvalue weighted by Gasteiger charge is -2.41. The van der Waals surface area contributed by atoms with Crippen molar-refractivity contribution < 1.29 is 14.3 Å². The molecule has 2 aliphatic rings. The standard InChI is InChI=1S/C20H26N4O3/c1-14-21-18(23-22-14)6-7-19(25)24-9-3-8-20(2,12-24)11-15-4-5-16-17(10-15)27-13-26-16/h4-5,10H,3,6-9,11-13H2,1-2H3,(H,21,22,23)/t20-/m0/s1. The molecular formula is C20H26N4O3. The Labute approximate surface area is 159 Å². The fourth-order valence-electron chi connectivity index (χ4n) is 4.09. The van der Waals surface area contributed by atoms with Gasteiger partial charge in [-0.05, 0) is 49.3 Å². The number of benzene rings is 1. The molecule has 1 fully saturated rings. The van der Waals surface area contributed by atoms with E-state index in [1.807, 2.05) is 17.9 Å². The van der Waals surface area contributed by atoms with Crippen molar-refractivity contribution in [3.05, 3.63) is 35.4 Å². The summed E-state index contributed by atoms with van der Waals surface area (Å²) in [5, 5.41) is 6.94. The minimum absolute atomic E-state index is 0.0722. The van der Waals surface area contributed by atoms with E-state index in [1.54, 1.807) is 0 Å². The molecule has 1 aromatic carbocycles. The van der Waals surface area contributed by atoms with E-state index in [9.17, 15) is 4.79 Å². The van der Waals surface area contributed by atoms with Crippen LogP contribution in [0.25, 0.3) is 0 Å². The molecule has 3 heterocycles. The number of fused-ring (bicyclic) bond motifs is 1. The first-order valence-electron chi connectivity index (χ1n) is 9.55. The van der Waals surface area contributed by atoms with Gasteiger partial charge in [-0.25, -0.2) is 4.98 Å². The molecule has 0 unspecified atom stereocenters. The maximum absolute atomic E-state index is 12.7. The van der Waals surface area contributed by atoms with Crippen LogP contribution in [0.3, 0.4) is 0 Å². The third-order valence-corrected chi connectivity index (χ3v) is 5.41. The molecule has 0 saturated carbocycles. The second-order valence-electron chi connectivity index (χ2n) is 7.93. The lowest BCUT2D eigenvalue weighted by Crippen LogP contribution is -2.45. The number of hydrogen-bond acceptors (Lipinski definition) is 5. The molecule has 27 heavy (non-hydrogen) atoms. The summed E-state index contributed by atoms with van der Waals surface area (Å²) in [5.41, 5.74) is 1.30. The number of rotatable bonds is 5. The van der Waals surface area contributed by atoms with Gasteiger partial charge < -0.3 is 14.4 Å². The number of ether oxygens (including phenoxy) is 2. The second-order valence-corrected chi connectivity index (χ2v) is 7.93. The molecule has 4 rings (SSSR count). The number of aryl methyl sites for hydroxylation is 2. The Morgan fingerprint density at radius 3 is 3.00 bits per heavy atom. The number of nitrogens with one attached hydrogen (secondary N) is 1. The van der Waals surface area contributed by atoms with Gasteiger partial charge in [0.2, 0.25) is 12.7 Å². The van der Waals surface area contributed by atoms with Gasteiger partial charge >= 0.3 is 0 Å². The van der Waals surface area contributed by atoms with Gasteiger partial charge in [-0.1, -0.05) is 13.0 Å². The number of aromatic nitrogens is 3. The van der Waals surface area contributed by atoms with Crippen LogP contribution in [0.2, 0.25) is 0 Å². The van der Waals surface area contributed by atoms with Gasteiger partial charge in [-0.3, -0.25) is 9.89 Å². The van der Waals surface area contributed by atoms with E-state index in [0.29, 0.717) is 25.5 Å². The van der Waals surface area contributed by atoms with Gasteiger partial charge in [0.15, 0.2) is 17.3 Å². The quantitative estimate of drug-likeness (QED) is 0.875. The lowest BCUT2D eigenvalue weighted by molar-refractivity contribution is -0.134. The van der Waals surface area contributed by atoms with Crippen LogP contribution in [-0.4, -0.2) is 45.9 Å². The largest absolute Gasteiger partial charge is 0.454 e. The van der Waals surface area contributed by atoms with Crippen LogP contribution in [-0.2, 0) is 17.6 Å². The molecule has 2 aromatic rings. The first-order chi connectivity index (χ1) is 13.0. The number of hydrogen-bond donors (Lipinski definition) is 1.